The van der Waals surface area contributed by atoms with E-state index >= 15 is 0 Å². The number of aryl methyl sites for hydroxylation is 2. The Morgan fingerprint density at radius 3 is 2.67 bits per heavy atom. The molecule has 0 aromatic heterocycles. The van der Waals surface area contributed by atoms with E-state index in [0.29, 0.717) is 19.2 Å². The topological polar surface area (TPSA) is 29.5 Å². The molecule has 116 valence electrons. The van der Waals surface area contributed by atoms with Gasteiger partial charge in [-0.15, -0.1) is 0 Å². The molecule has 0 saturated heterocycles. The normalized spacial score (nSPS) is 16.2. The zero-order chi connectivity index (χ0) is 15.4. The maximum absolute atomic E-state index is 12.6. The molecule has 0 heterocycles. The van der Waals surface area contributed by atoms with Gasteiger partial charge in [0.25, 0.3) is 0 Å². The summed E-state index contributed by atoms with van der Waals surface area (Å²) in [4.78, 5) is 14.9. The van der Waals surface area contributed by atoms with Crippen LogP contribution in [0.25, 0.3) is 0 Å². The van der Waals surface area contributed by atoms with Gasteiger partial charge in [0, 0.05) is 25.3 Å². The molecule has 0 spiro atoms. The van der Waals surface area contributed by atoms with Crippen LogP contribution in [0.1, 0.15) is 41.3 Å². The van der Waals surface area contributed by atoms with Crippen molar-refractivity contribution in [2.75, 3.05) is 26.8 Å². The summed E-state index contributed by atoms with van der Waals surface area (Å²) in [6.45, 7) is 8.31. The third-order valence-corrected chi connectivity index (χ3v) is 4.49. The highest BCUT2D eigenvalue weighted by Crippen LogP contribution is 2.35. The van der Waals surface area contributed by atoms with Gasteiger partial charge in [-0.05, 0) is 45.1 Å². The van der Waals surface area contributed by atoms with Crippen molar-refractivity contribution < 1.29 is 9.53 Å². The van der Waals surface area contributed by atoms with Crippen molar-refractivity contribution >= 4 is 5.78 Å². The zero-order valence-electron chi connectivity index (χ0n) is 13.7. The second-order valence-electron chi connectivity index (χ2n) is 6.28. The predicted molar refractivity (Wildman–Crippen MR) is 85.9 cm³/mol. The van der Waals surface area contributed by atoms with Crippen molar-refractivity contribution in [1.82, 2.24) is 4.90 Å². The van der Waals surface area contributed by atoms with Crippen LogP contribution in [0.4, 0.5) is 0 Å². The maximum atomic E-state index is 12.6. The number of hydrogen-bond donors (Lipinski definition) is 0. The van der Waals surface area contributed by atoms with Crippen molar-refractivity contribution in [2.24, 2.45) is 5.92 Å². The van der Waals surface area contributed by atoms with E-state index in [1.807, 2.05) is 19.1 Å². The van der Waals surface area contributed by atoms with Crippen LogP contribution in [0.3, 0.4) is 0 Å². The summed E-state index contributed by atoms with van der Waals surface area (Å²) in [6, 6.07) is 6.53. The smallest absolute Gasteiger partial charge is 0.177 e. The maximum Gasteiger partial charge on any atom is 0.177 e. The van der Waals surface area contributed by atoms with Crippen LogP contribution in [0, 0.1) is 19.8 Å². The number of Topliss-reactive ketones (excluding diaryl/α,β-unsaturated/α-hetero) is 1. The Balaban J connectivity index is 2.05. The second kappa shape index (κ2) is 7.19. The van der Waals surface area contributed by atoms with Crippen LogP contribution < -0.4 is 0 Å². The van der Waals surface area contributed by atoms with E-state index in [0.717, 1.165) is 23.6 Å². The molecule has 3 heteroatoms. The van der Waals surface area contributed by atoms with E-state index in [1.54, 1.807) is 7.11 Å². The first-order chi connectivity index (χ1) is 10.0. The number of carbonyl (C=O) groups is 1. The fourth-order valence-corrected chi connectivity index (χ4v) is 2.91. The summed E-state index contributed by atoms with van der Waals surface area (Å²) in [6.07, 6.45) is 2.59. The van der Waals surface area contributed by atoms with Crippen molar-refractivity contribution in [3.8, 4) is 0 Å². The van der Waals surface area contributed by atoms with E-state index in [1.165, 1.54) is 18.4 Å². The van der Waals surface area contributed by atoms with Gasteiger partial charge >= 0.3 is 0 Å². The van der Waals surface area contributed by atoms with E-state index in [-0.39, 0.29) is 5.78 Å². The number of carbonyl (C=O) groups excluding carboxylic acids is 1. The number of benzene rings is 1. The van der Waals surface area contributed by atoms with E-state index in [9.17, 15) is 4.79 Å². The van der Waals surface area contributed by atoms with Crippen molar-refractivity contribution in [2.45, 2.75) is 39.7 Å². The lowest BCUT2D eigenvalue weighted by atomic mass is 10.0. The number of ether oxygens (including phenoxy) is 1. The van der Waals surface area contributed by atoms with Crippen LogP contribution >= 0.6 is 0 Å². The third kappa shape index (κ3) is 4.39. The zero-order valence-corrected chi connectivity index (χ0v) is 13.7. The summed E-state index contributed by atoms with van der Waals surface area (Å²) in [5.74, 6) is 0.977. The molecule has 1 unspecified atom stereocenters. The molecular formula is C18H27NO2. The van der Waals surface area contributed by atoms with E-state index in [4.69, 9.17) is 4.74 Å². The molecule has 0 amide bonds. The summed E-state index contributed by atoms with van der Waals surface area (Å²) in [5, 5.41) is 0. The highest BCUT2D eigenvalue weighted by atomic mass is 16.5. The van der Waals surface area contributed by atoms with Crippen molar-refractivity contribution in [3.63, 3.8) is 0 Å². The number of hydrogen-bond acceptors (Lipinski definition) is 3. The van der Waals surface area contributed by atoms with Crippen LogP contribution in [0.5, 0.6) is 0 Å². The molecule has 2 rings (SSSR count). The largest absolute Gasteiger partial charge is 0.383 e. The predicted octanol–water partition coefficient (Wildman–Crippen LogP) is 3.23. The van der Waals surface area contributed by atoms with E-state index < -0.39 is 0 Å². The van der Waals surface area contributed by atoms with Gasteiger partial charge in [-0.3, -0.25) is 9.69 Å². The summed E-state index contributed by atoms with van der Waals surface area (Å²) in [7, 11) is 1.71. The number of ketones is 1. The first-order valence-electron chi connectivity index (χ1n) is 7.86. The monoisotopic (exact) mass is 289 g/mol. The average molecular weight is 289 g/mol. The quantitative estimate of drug-likeness (QED) is 0.688. The SMILES string of the molecule is COCCN(CC(=O)c1ccc(C)cc1C)C(C)C1CC1. The van der Waals surface area contributed by atoms with Crippen LogP contribution in [-0.4, -0.2) is 43.5 Å². The van der Waals surface area contributed by atoms with Gasteiger partial charge in [-0.25, -0.2) is 0 Å². The molecule has 0 N–H and O–H groups in total. The van der Waals surface area contributed by atoms with Crippen molar-refractivity contribution in [1.29, 1.82) is 0 Å². The second-order valence-corrected chi connectivity index (χ2v) is 6.28. The summed E-state index contributed by atoms with van der Waals surface area (Å²) in [5.41, 5.74) is 3.13. The molecule has 1 aliphatic rings. The highest BCUT2D eigenvalue weighted by Gasteiger charge is 2.32. The van der Waals surface area contributed by atoms with Gasteiger partial charge in [0.15, 0.2) is 5.78 Å². The minimum atomic E-state index is 0.219. The molecule has 1 aromatic rings. The standard InChI is InChI=1S/C18H27NO2/c1-13-5-8-17(14(2)11-13)18(20)12-19(9-10-21-4)15(3)16-6-7-16/h5,8,11,15-16H,6-7,9-10,12H2,1-4H3. The molecular weight excluding hydrogens is 262 g/mol. The first kappa shape index (κ1) is 16.2. The molecule has 1 aromatic carbocycles. The van der Waals surface area contributed by atoms with Gasteiger partial charge in [-0.1, -0.05) is 23.8 Å². The fourth-order valence-electron chi connectivity index (χ4n) is 2.91. The van der Waals surface area contributed by atoms with Gasteiger partial charge in [0.05, 0.1) is 13.2 Å². The Morgan fingerprint density at radius 2 is 2.10 bits per heavy atom. The van der Waals surface area contributed by atoms with Crippen molar-refractivity contribution in [3.05, 3.63) is 34.9 Å². The Kier molecular flexibility index (Phi) is 5.54. The highest BCUT2D eigenvalue weighted by molar-refractivity contribution is 5.99. The molecule has 0 bridgehead atoms. The molecule has 21 heavy (non-hydrogen) atoms. The number of rotatable bonds is 8. The Labute approximate surface area is 128 Å². The molecule has 1 fully saturated rings. The molecule has 1 saturated carbocycles. The Morgan fingerprint density at radius 1 is 1.38 bits per heavy atom. The third-order valence-electron chi connectivity index (χ3n) is 4.49. The summed E-state index contributed by atoms with van der Waals surface area (Å²) < 4.78 is 5.20. The Bertz CT molecular complexity index is 494. The lowest BCUT2D eigenvalue weighted by molar-refractivity contribution is 0.0816. The average Bonchev–Trinajstić information content (AvgIpc) is 3.26. The van der Waals surface area contributed by atoms with Gasteiger partial charge in [0.2, 0.25) is 0 Å². The van der Waals surface area contributed by atoms with Gasteiger partial charge in [-0.2, -0.15) is 0 Å². The molecule has 1 atom stereocenters. The van der Waals surface area contributed by atoms with Gasteiger partial charge < -0.3 is 4.74 Å². The lowest BCUT2D eigenvalue weighted by Crippen LogP contribution is -2.40. The Hall–Kier alpha value is -1.19. The first-order valence-corrected chi connectivity index (χ1v) is 7.86. The number of methoxy groups -OCH3 is 1. The van der Waals surface area contributed by atoms with Crippen LogP contribution in [0.15, 0.2) is 18.2 Å². The minimum Gasteiger partial charge on any atom is -0.383 e. The van der Waals surface area contributed by atoms with Crippen LogP contribution in [-0.2, 0) is 4.74 Å². The van der Waals surface area contributed by atoms with E-state index in [2.05, 4.69) is 24.8 Å². The lowest BCUT2D eigenvalue weighted by Gasteiger charge is -2.28. The summed E-state index contributed by atoms with van der Waals surface area (Å²) >= 11 is 0. The fraction of sp³-hybridized carbons (Fsp3) is 0.611. The molecule has 0 aliphatic heterocycles. The molecule has 0 radical (unpaired) electrons. The van der Waals surface area contributed by atoms with Gasteiger partial charge in [0.1, 0.15) is 0 Å². The minimum absolute atomic E-state index is 0.219. The number of nitrogens with zero attached hydrogens (tertiary/aromatic N) is 1. The van der Waals surface area contributed by atoms with Crippen LogP contribution in [0.2, 0.25) is 0 Å². The molecule has 1 aliphatic carbocycles. The molecule has 3 nitrogen and oxygen atoms in total.